The van der Waals surface area contributed by atoms with Gasteiger partial charge in [-0.2, -0.15) is 0 Å². The molecular formula is C19H22ClFN2O. The van der Waals surface area contributed by atoms with Crippen LogP contribution in [0.3, 0.4) is 0 Å². The van der Waals surface area contributed by atoms with E-state index in [0.29, 0.717) is 17.1 Å². The van der Waals surface area contributed by atoms with Gasteiger partial charge in [-0.15, -0.1) is 0 Å². The third-order valence-electron chi connectivity index (χ3n) is 4.06. The van der Waals surface area contributed by atoms with E-state index in [0.717, 1.165) is 18.7 Å². The minimum atomic E-state index is -0.422. The molecular weight excluding hydrogens is 327 g/mol. The van der Waals surface area contributed by atoms with Crippen LogP contribution in [0.25, 0.3) is 0 Å². The monoisotopic (exact) mass is 348 g/mol. The molecule has 0 saturated heterocycles. The van der Waals surface area contributed by atoms with E-state index in [9.17, 15) is 9.18 Å². The van der Waals surface area contributed by atoms with Crippen molar-refractivity contribution < 1.29 is 9.18 Å². The van der Waals surface area contributed by atoms with Crippen molar-refractivity contribution in [1.29, 1.82) is 0 Å². The first kappa shape index (κ1) is 18.4. The third kappa shape index (κ3) is 4.56. The first-order valence-corrected chi connectivity index (χ1v) is 8.46. The van der Waals surface area contributed by atoms with Crippen LogP contribution in [0.5, 0.6) is 0 Å². The third-order valence-corrected chi connectivity index (χ3v) is 4.40. The summed E-state index contributed by atoms with van der Waals surface area (Å²) in [7, 11) is 0. The van der Waals surface area contributed by atoms with Crippen molar-refractivity contribution in [3.8, 4) is 0 Å². The Bertz CT molecular complexity index is 689. The smallest absolute Gasteiger partial charge is 0.251 e. The largest absolute Gasteiger partial charge is 0.350 e. The van der Waals surface area contributed by atoms with Gasteiger partial charge in [0.05, 0.1) is 6.04 Å². The Morgan fingerprint density at radius 2 is 1.88 bits per heavy atom. The second kappa shape index (κ2) is 8.81. The van der Waals surface area contributed by atoms with E-state index in [2.05, 4.69) is 24.1 Å². The molecule has 0 heterocycles. The molecule has 1 unspecified atom stereocenters. The normalized spacial score (nSPS) is 12.2. The van der Waals surface area contributed by atoms with Crippen LogP contribution in [0.1, 0.15) is 35.8 Å². The van der Waals surface area contributed by atoms with Gasteiger partial charge >= 0.3 is 0 Å². The fourth-order valence-corrected chi connectivity index (χ4v) is 3.03. The first-order valence-electron chi connectivity index (χ1n) is 8.09. The van der Waals surface area contributed by atoms with Crippen LogP contribution in [-0.4, -0.2) is 30.4 Å². The van der Waals surface area contributed by atoms with Crippen LogP contribution in [-0.2, 0) is 0 Å². The van der Waals surface area contributed by atoms with E-state index in [1.54, 1.807) is 6.07 Å². The highest BCUT2D eigenvalue weighted by Crippen LogP contribution is 2.27. The summed E-state index contributed by atoms with van der Waals surface area (Å²) in [5, 5.41) is 3.57. The van der Waals surface area contributed by atoms with E-state index in [1.807, 2.05) is 24.3 Å². The number of likely N-dealkylation sites (N-methyl/N-ethyl adjacent to an activating group) is 1. The topological polar surface area (TPSA) is 32.3 Å². The molecule has 0 saturated carbocycles. The van der Waals surface area contributed by atoms with Crippen LogP contribution < -0.4 is 5.32 Å². The number of halogens is 2. The van der Waals surface area contributed by atoms with Crippen molar-refractivity contribution >= 4 is 17.5 Å². The van der Waals surface area contributed by atoms with E-state index in [4.69, 9.17) is 11.6 Å². The predicted octanol–water partition coefficient (Wildman–Crippen LogP) is 4.29. The Balaban J connectivity index is 2.17. The molecule has 0 radical (unpaired) electrons. The fraction of sp³-hybridized carbons (Fsp3) is 0.316. The zero-order valence-electron chi connectivity index (χ0n) is 13.9. The van der Waals surface area contributed by atoms with Crippen molar-refractivity contribution in [2.24, 2.45) is 0 Å². The van der Waals surface area contributed by atoms with Gasteiger partial charge in [0, 0.05) is 17.1 Å². The van der Waals surface area contributed by atoms with Crippen LogP contribution in [0, 0.1) is 5.82 Å². The minimum absolute atomic E-state index is 0.0359. The van der Waals surface area contributed by atoms with Crippen molar-refractivity contribution in [3.63, 3.8) is 0 Å². The maximum atomic E-state index is 13.3. The molecule has 1 atom stereocenters. The van der Waals surface area contributed by atoms with Gasteiger partial charge in [-0.3, -0.25) is 9.69 Å². The molecule has 2 aromatic rings. The van der Waals surface area contributed by atoms with E-state index in [1.165, 1.54) is 18.2 Å². The maximum Gasteiger partial charge on any atom is 0.251 e. The molecule has 0 aliphatic heterocycles. The van der Waals surface area contributed by atoms with Crippen molar-refractivity contribution in [3.05, 3.63) is 70.5 Å². The Morgan fingerprint density at radius 3 is 2.50 bits per heavy atom. The van der Waals surface area contributed by atoms with Crippen LogP contribution in [0.4, 0.5) is 4.39 Å². The number of hydrogen-bond acceptors (Lipinski definition) is 2. The Kier molecular flexibility index (Phi) is 6.76. The molecule has 0 aliphatic carbocycles. The molecule has 0 spiro atoms. The lowest BCUT2D eigenvalue weighted by Gasteiger charge is -2.31. The quantitative estimate of drug-likeness (QED) is 0.809. The molecule has 24 heavy (non-hydrogen) atoms. The molecule has 2 aromatic carbocycles. The Morgan fingerprint density at radius 1 is 1.17 bits per heavy atom. The highest BCUT2D eigenvalue weighted by atomic mass is 35.5. The number of carbonyl (C=O) groups is 1. The number of amides is 1. The zero-order valence-corrected chi connectivity index (χ0v) is 14.7. The standard InChI is InChI=1S/C19H22ClFN2O/c1-3-23(4-2)18(16-10-5-6-11-17(16)20)13-22-19(24)14-8-7-9-15(21)12-14/h5-12,18H,3-4,13H2,1-2H3,(H,22,24). The van der Waals surface area contributed by atoms with Gasteiger partial charge in [-0.25, -0.2) is 4.39 Å². The molecule has 128 valence electrons. The zero-order chi connectivity index (χ0) is 17.5. The SMILES string of the molecule is CCN(CC)C(CNC(=O)c1cccc(F)c1)c1ccccc1Cl. The van der Waals surface area contributed by atoms with Crippen LogP contribution >= 0.6 is 11.6 Å². The van der Waals surface area contributed by atoms with Gasteiger partial charge in [-0.1, -0.05) is 49.7 Å². The summed E-state index contributed by atoms with van der Waals surface area (Å²) >= 11 is 6.34. The lowest BCUT2D eigenvalue weighted by Crippen LogP contribution is -2.38. The molecule has 5 heteroatoms. The van der Waals surface area contributed by atoms with E-state index < -0.39 is 5.82 Å². The predicted molar refractivity (Wildman–Crippen MR) is 95.8 cm³/mol. The first-order chi connectivity index (χ1) is 11.6. The summed E-state index contributed by atoms with van der Waals surface area (Å²) < 4.78 is 13.3. The molecule has 0 aromatic heterocycles. The van der Waals surface area contributed by atoms with Crippen molar-refractivity contribution in [2.75, 3.05) is 19.6 Å². The summed E-state index contributed by atoms with van der Waals surface area (Å²) in [6.45, 7) is 6.22. The van der Waals surface area contributed by atoms with Crippen LogP contribution in [0.2, 0.25) is 5.02 Å². The van der Waals surface area contributed by atoms with Crippen molar-refractivity contribution in [2.45, 2.75) is 19.9 Å². The lowest BCUT2D eigenvalue weighted by molar-refractivity contribution is 0.0934. The molecule has 0 bridgehead atoms. The molecule has 1 amide bonds. The second-order valence-corrected chi connectivity index (χ2v) is 5.89. The second-order valence-electron chi connectivity index (χ2n) is 5.48. The number of rotatable bonds is 7. The van der Waals surface area contributed by atoms with Gasteiger partial charge in [0.2, 0.25) is 0 Å². The van der Waals surface area contributed by atoms with Gasteiger partial charge < -0.3 is 5.32 Å². The Labute approximate surface area is 147 Å². The van der Waals surface area contributed by atoms with Gasteiger partial charge in [-0.05, 0) is 42.9 Å². The van der Waals surface area contributed by atoms with Crippen molar-refractivity contribution in [1.82, 2.24) is 10.2 Å². The van der Waals surface area contributed by atoms with Gasteiger partial charge in [0.15, 0.2) is 0 Å². The lowest BCUT2D eigenvalue weighted by atomic mass is 10.0. The molecule has 0 fully saturated rings. The summed E-state index contributed by atoms with van der Waals surface area (Å²) in [6, 6.07) is 13.3. The van der Waals surface area contributed by atoms with E-state index >= 15 is 0 Å². The molecule has 0 aliphatic rings. The highest BCUT2D eigenvalue weighted by Gasteiger charge is 2.21. The number of hydrogen-bond donors (Lipinski definition) is 1. The molecule has 1 N–H and O–H groups in total. The van der Waals surface area contributed by atoms with Crippen LogP contribution in [0.15, 0.2) is 48.5 Å². The number of carbonyl (C=O) groups excluding carboxylic acids is 1. The summed E-state index contributed by atoms with van der Waals surface area (Å²) in [5.74, 6) is -0.715. The summed E-state index contributed by atoms with van der Waals surface area (Å²) in [6.07, 6.45) is 0. The molecule has 3 nitrogen and oxygen atoms in total. The minimum Gasteiger partial charge on any atom is -0.350 e. The summed E-state index contributed by atoms with van der Waals surface area (Å²) in [4.78, 5) is 14.5. The highest BCUT2D eigenvalue weighted by molar-refractivity contribution is 6.31. The average Bonchev–Trinajstić information content (AvgIpc) is 2.59. The summed E-state index contributed by atoms with van der Waals surface area (Å²) in [5.41, 5.74) is 1.29. The fourth-order valence-electron chi connectivity index (χ4n) is 2.77. The maximum absolute atomic E-state index is 13.3. The average molecular weight is 349 g/mol. The van der Waals surface area contributed by atoms with Gasteiger partial charge in [0.25, 0.3) is 5.91 Å². The number of benzene rings is 2. The van der Waals surface area contributed by atoms with E-state index in [-0.39, 0.29) is 11.9 Å². The number of nitrogens with zero attached hydrogens (tertiary/aromatic N) is 1. The molecule has 2 rings (SSSR count). The van der Waals surface area contributed by atoms with Gasteiger partial charge in [0.1, 0.15) is 5.82 Å². The Hall–Kier alpha value is -1.91. The number of nitrogens with one attached hydrogen (secondary N) is 1.